The molecule has 0 amide bonds. The molecule has 2 heterocycles. The van der Waals surface area contributed by atoms with E-state index in [1.54, 1.807) is 6.20 Å². The Balaban J connectivity index is 1.84. The van der Waals surface area contributed by atoms with Crippen LogP contribution < -0.4 is 10.2 Å². The summed E-state index contributed by atoms with van der Waals surface area (Å²) in [4.78, 5) is 11.0. The van der Waals surface area contributed by atoms with Gasteiger partial charge in [0.25, 0.3) is 0 Å². The lowest BCUT2D eigenvalue weighted by molar-refractivity contribution is 0.599. The Labute approximate surface area is 149 Å². The summed E-state index contributed by atoms with van der Waals surface area (Å²) in [6.07, 6.45) is 2.36. The van der Waals surface area contributed by atoms with Crippen molar-refractivity contribution in [3.05, 3.63) is 41.6 Å². The van der Waals surface area contributed by atoms with Gasteiger partial charge in [-0.1, -0.05) is 12.1 Å². The number of anilines is 3. The van der Waals surface area contributed by atoms with Crippen LogP contribution in [0.2, 0.25) is 0 Å². The lowest BCUT2D eigenvalue weighted by atomic mass is 10.1. The summed E-state index contributed by atoms with van der Waals surface area (Å²) in [6.45, 7) is 6.81. The number of nitrogens with zero attached hydrogens (tertiary/aromatic N) is 3. The Bertz CT molecular complexity index is 867. The van der Waals surface area contributed by atoms with Crippen molar-refractivity contribution < 1.29 is 8.42 Å². The molecule has 0 radical (unpaired) electrons. The quantitative estimate of drug-likeness (QED) is 0.884. The fourth-order valence-corrected chi connectivity index (χ4v) is 4.92. The minimum atomic E-state index is -2.93. The Morgan fingerprint density at radius 2 is 2.08 bits per heavy atom. The second-order valence-electron chi connectivity index (χ2n) is 6.52. The van der Waals surface area contributed by atoms with Gasteiger partial charge < -0.3 is 10.2 Å². The zero-order valence-corrected chi connectivity index (χ0v) is 15.7. The predicted octanol–water partition coefficient (Wildman–Crippen LogP) is 2.85. The molecule has 1 aliphatic rings. The molecule has 1 aliphatic heterocycles. The Morgan fingerprint density at radius 3 is 2.76 bits per heavy atom. The number of hydrogen-bond donors (Lipinski definition) is 1. The normalized spacial score (nSPS) is 18.9. The Kier molecular flexibility index (Phi) is 4.94. The number of benzene rings is 1. The molecule has 25 heavy (non-hydrogen) atoms. The van der Waals surface area contributed by atoms with Gasteiger partial charge >= 0.3 is 0 Å². The molecule has 2 aromatic rings. The highest BCUT2D eigenvalue weighted by atomic mass is 32.2. The summed E-state index contributed by atoms with van der Waals surface area (Å²) >= 11 is 0. The zero-order valence-electron chi connectivity index (χ0n) is 14.9. The average molecular weight is 360 g/mol. The lowest BCUT2D eigenvalue weighted by Gasteiger charge is -2.28. The maximum Gasteiger partial charge on any atom is 0.229 e. The van der Waals surface area contributed by atoms with Crippen LogP contribution in [0, 0.1) is 13.8 Å². The van der Waals surface area contributed by atoms with E-state index in [9.17, 15) is 8.42 Å². The number of hydrogen-bond acceptors (Lipinski definition) is 6. The first-order chi connectivity index (χ1) is 11.9. The van der Waals surface area contributed by atoms with E-state index >= 15 is 0 Å². The summed E-state index contributed by atoms with van der Waals surface area (Å²) in [5.74, 6) is 1.73. The SMILES string of the molecule is CCN(c1ccnc(Nc2cc(C)ccc2C)n1)C1CCS(=O)(=O)C1. The van der Waals surface area contributed by atoms with Crippen molar-refractivity contribution in [2.24, 2.45) is 0 Å². The molecular formula is C18H24N4O2S. The number of aryl methyl sites for hydroxylation is 2. The van der Waals surface area contributed by atoms with Gasteiger partial charge in [0.2, 0.25) is 5.95 Å². The van der Waals surface area contributed by atoms with Crippen LogP contribution in [0.1, 0.15) is 24.5 Å². The molecule has 7 heteroatoms. The third-order valence-electron chi connectivity index (χ3n) is 4.56. The predicted molar refractivity (Wildman–Crippen MR) is 101 cm³/mol. The van der Waals surface area contributed by atoms with Crippen molar-refractivity contribution in [2.75, 3.05) is 28.3 Å². The van der Waals surface area contributed by atoms with Gasteiger partial charge in [-0.15, -0.1) is 0 Å². The first-order valence-corrected chi connectivity index (χ1v) is 10.3. The Morgan fingerprint density at radius 1 is 1.28 bits per heavy atom. The number of aromatic nitrogens is 2. The van der Waals surface area contributed by atoms with Gasteiger partial charge in [-0.2, -0.15) is 4.98 Å². The van der Waals surface area contributed by atoms with E-state index in [0.717, 1.165) is 22.6 Å². The molecule has 1 saturated heterocycles. The second-order valence-corrected chi connectivity index (χ2v) is 8.75. The maximum atomic E-state index is 11.8. The van der Waals surface area contributed by atoms with Crippen molar-refractivity contribution in [1.29, 1.82) is 0 Å². The highest BCUT2D eigenvalue weighted by Gasteiger charge is 2.32. The van der Waals surface area contributed by atoms with Gasteiger partial charge in [-0.05, 0) is 50.5 Å². The van der Waals surface area contributed by atoms with E-state index in [-0.39, 0.29) is 17.5 Å². The summed E-state index contributed by atoms with van der Waals surface area (Å²) in [6, 6.07) is 8.01. The molecule has 1 N–H and O–H groups in total. The van der Waals surface area contributed by atoms with Crippen LogP contribution in [0.15, 0.2) is 30.5 Å². The van der Waals surface area contributed by atoms with Gasteiger partial charge in [0.05, 0.1) is 11.5 Å². The van der Waals surface area contributed by atoms with E-state index in [0.29, 0.717) is 18.9 Å². The third kappa shape index (κ3) is 4.10. The molecule has 1 unspecified atom stereocenters. The molecule has 1 aromatic carbocycles. The summed E-state index contributed by atoms with van der Waals surface area (Å²) < 4.78 is 23.6. The van der Waals surface area contributed by atoms with Crippen LogP contribution in [0.25, 0.3) is 0 Å². The van der Waals surface area contributed by atoms with Crippen LogP contribution in [0.3, 0.4) is 0 Å². The van der Waals surface area contributed by atoms with Crippen LogP contribution in [0.4, 0.5) is 17.5 Å². The monoisotopic (exact) mass is 360 g/mol. The molecule has 6 nitrogen and oxygen atoms in total. The van der Waals surface area contributed by atoms with Crippen LogP contribution in [-0.2, 0) is 9.84 Å². The molecule has 1 atom stereocenters. The fraction of sp³-hybridized carbons (Fsp3) is 0.444. The molecule has 0 bridgehead atoms. The first-order valence-electron chi connectivity index (χ1n) is 8.52. The van der Waals surface area contributed by atoms with E-state index in [4.69, 9.17) is 0 Å². The van der Waals surface area contributed by atoms with Gasteiger partial charge in [-0.25, -0.2) is 13.4 Å². The van der Waals surface area contributed by atoms with Crippen LogP contribution in [-0.4, -0.2) is 42.5 Å². The van der Waals surface area contributed by atoms with Crippen molar-refractivity contribution in [1.82, 2.24) is 9.97 Å². The molecule has 0 saturated carbocycles. The standard InChI is InChI=1S/C18H24N4O2S/c1-4-22(15-8-10-25(23,24)12-15)17-7-9-19-18(21-17)20-16-11-13(2)5-6-14(16)3/h5-7,9,11,15H,4,8,10,12H2,1-3H3,(H,19,20,21). The summed E-state index contributed by atoms with van der Waals surface area (Å²) in [5, 5.41) is 3.27. The van der Waals surface area contributed by atoms with Gasteiger partial charge in [0.1, 0.15) is 5.82 Å². The minimum absolute atomic E-state index is 0.0153. The summed E-state index contributed by atoms with van der Waals surface area (Å²) in [7, 11) is -2.93. The van der Waals surface area contributed by atoms with Crippen molar-refractivity contribution in [2.45, 2.75) is 33.2 Å². The van der Waals surface area contributed by atoms with Crippen molar-refractivity contribution >= 4 is 27.3 Å². The first kappa shape index (κ1) is 17.7. The molecule has 0 aliphatic carbocycles. The molecule has 3 rings (SSSR count). The largest absolute Gasteiger partial charge is 0.353 e. The smallest absolute Gasteiger partial charge is 0.229 e. The van der Waals surface area contributed by atoms with Crippen LogP contribution >= 0.6 is 0 Å². The highest BCUT2D eigenvalue weighted by Crippen LogP contribution is 2.25. The van der Waals surface area contributed by atoms with E-state index < -0.39 is 9.84 Å². The van der Waals surface area contributed by atoms with Crippen molar-refractivity contribution in [3.63, 3.8) is 0 Å². The van der Waals surface area contributed by atoms with Crippen LogP contribution in [0.5, 0.6) is 0 Å². The van der Waals surface area contributed by atoms with Gasteiger partial charge in [0.15, 0.2) is 9.84 Å². The Hall–Kier alpha value is -2.15. The van der Waals surface area contributed by atoms with E-state index in [1.807, 2.05) is 26.8 Å². The number of nitrogens with one attached hydrogen (secondary N) is 1. The van der Waals surface area contributed by atoms with Crippen molar-refractivity contribution in [3.8, 4) is 0 Å². The zero-order chi connectivity index (χ0) is 18.0. The number of rotatable bonds is 5. The fourth-order valence-electron chi connectivity index (χ4n) is 3.19. The third-order valence-corrected chi connectivity index (χ3v) is 6.31. The molecule has 134 valence electrons. The molecule has 0 spiro atoms. The second kappa shape index (κ2) is 7.00. The maximum absolute atomic E-state index is 11.8. The minimum Gasteiger partial charge on any atom is -0.353 e. The molecular weight excluding hydrogens is 336 g/mol. The van der Waals surface area contributed by atoms with E-state index in [2.05, 4.69) is 38.4 Å². The van der Waals surface area contributed by atoms with Gasteiger partial charge in [-0.3, -0.25) is 0 Å². The van der Waals surface area contributed by atoms with Gasteiger partial charge in [0, 0.05) is 24.5 Å². The highest BCUT2D eigenvalue weighted by molar-refractivity contribution is 7.91. The molecule has 1 fully saturated rings. The summed E-state index contributed by atoms with van der Waals surface area (Å²) in [5.41, 5.74) is 3.26. The molecule has 1 aromatic heterocycles. The lowest BCUT2D eigenvalue weighted by Crippen LogP contribution is -2.36. The topological polar surface area (TPSA) is 75.2 Å². The number of sulfone groups is 1. The average Bonchev–Trinajstić information content (AvgIpc) is 2.92. The van der Waals surface area contributed by atoms with E-state index in [1.165, 1.54) is 0 Å².